The highest BCUT2D eigenvalue weighted by Crippen LogP contribution is 2.34. The third-order valence-electron chi connectivity index (χ3n) is 3.26. The summed E-state index contributed by atoms with van der Waals surface area (Å²) in [4.78, 5) is 0. The van der Waals surface area contributed by atoms with E-state index >= 15 is 0 Å². The zero-order chi connectivity index (χ0) is 11.9. The van der Waals surface area contributed by atoms with E-state index in [9.17, 15) is 0 Å². The van der Waals surface area contributed by atoms with Crippen LogP contribution < -0.4 is 0 Å². The quantitative estimate of drug-likeness (QED) is 0.467. The summed E-state index contributed by atoms with van der Waals surface area (Å²) in [6.45, 7) is 14.2. The first-order chi connectivity index (χ1) is 6.77. The Morgan fingerprint density at radius 2 is 1.27 bits per heavy atom. The Morgan fingerprint density at radius 3 is 1.73 bits per heavy atom. The molecule has 0 fully saturated rings. The number of unbranched alkanes of at least 4 members (excludes halogenated alkanes) is 3. The fraction of sp³-hybridized carbons (Fsp3) is 1.00. The summed E-state index contributed by atoms with van der Waals surface area (Å²) in [6.07, 6.45) is 9.75. The lowest BCUT2D eigenvalue weighted by molar-refractivity contribution is 0.234. The van der Waals surface area contributed by atoms with E-state index in [1.54, 1.807) is 0 Å². The predicted molar refractivity (Wildman–Crippen MR) is 71.2 cm³/mol. The molecule has 0 spiro atoms. The lowest BCUT2D eigenvalue weighted by Crippen LogP contribution is -2.16. The van der Waals surface area contributed by atoms with Crippen LogP contribution in [0, 0.1) is 10.8 Å². The molecule has 0 rings (SSSR count). The number of hydrogen-bond donors (Lipinski definition) is 0. The van der Waals surface area contributed by atoms with Crippen molar-refractivity contribution in [1.82, 2.24) is 0 Å². The molecule has 0 N–H and O–H groups in total. The van der Waals surface area contributed by atoms with Crippen LogP contribution in [0.4, 0.5) is 0 Å². The molecule has 0 amide bonds. The maximum atomic E-state index is 2.44. The van der Waals surface area contributed by atoms with Gasteiger partial charge in [0.2, 0.25) is 0 Å². The van der Waals surface area contributed by atoms with Gasteiger partial charge in [-0.25, -0.2) is 0 Å². The zero-order valence-corrected chi connectivity index (χ0v) is 11.9. The van der Waals surface area contributed by atoms with Crippen LogP contribution in [-0.2, 0) is 0 Å². The van der Waals surface area contributed by atoms with Gasteiger partial charge < -0.3 is 0 Å². The summed E-state index contributed by atoms with van der Waals surface area (Å²) < 4.78 is 0. The van der Waals surface area contributed by atoms with Gasteiger partial charge in [0, 0.05) is 0 Å². The van der Waals surface area contributed by atoms with Crippen LogP contribution in [0.15, 0.2) is 0 Å². The third-order valence-corrected chi connectivity index (χ3v) is 3.26. The van der Waals surface area contributed by atoms with E-state index in [1.807, 2.05) is 0 Å². The van der Waals surface area contributed by atoms with Gasteiger partial charge >= 0.3 is 0 Å². The van der Waals surface area contributed by atoms with Crippen LogP contribution in [0.1, 0.15) is 86.5 Å². The first-order valence-electron chi connectivity index (χ1n) is 6.77. The Hall–Kier alpha value is 0. The van der Waals surface area contributed by atoms with Crippen LogP contribution in [0.5, 0.6) is 0 Å². The highest BCUT2D eigenvalue weighted by molar-refractivity contribution is 4.72. The van der Waals surface area contributed by atoms with Gasteiger partial charge in [-0.2, -0.15) is 0 Å². The Kier molecular flexibility index (Phi) is 6.55. The highest BCUT2D eigenvalue weighted by atomic mass is 14.3. The fourth-order valence-corrected chi connectivity index (χ4v) is 1.87. The Balaban J connectivity index is 3.67. The average molecular weight is 212 g/mol. The van der Waals surface area contributed by atoms with Crippen LogP contribution >= 0.6 is 0 Å². The molecule has 0 aromatic heterocycles. The highest BCUT2D eigenvalue weighted by Gasteiger charge is 2.20. The second-order valence-electron chi connectivity index (χ2n) is 7.04. The van der Waals surface area contributed by atoms with Gasteiger partial charge in [-0.05, 0) is 30.1 Å². The zero-order valence-electron chi connectivity index (χ0n) is 11.9. The molecule has 0 unspecified atom stereocenters. The largest absolute Gasteiger partial charge is 0.0654 e. The van der Waals surface area contributed by atoms with Crippen molar-refractivity contribution in [2.75, 3.05) is 0 Å². The summed E-state index contributed by atoms with van der Waals surface area (Å²) in [6, 6.07) is 0. The van der Waals surface area contributed by atoms with Gasteiger partial charge in [0.1, 0.15) is 0 Å². The molecule has 0 saturated carbocycles. The fourth-order valence-electron chi connectivity index (χ4n) is 1.87. The molecule has 0 aliphatic carbocycles. The SMILES string of the molecule is CCCCCCC(C)(C)CCC(C)(C)C. The monoisotopic (exact) mass is 212 g/mol. The van der Waals surface area contributed by atoms with Crippen molar-refractivity contribution in [2.45, 2.75) is 86.5 Å². The van der Waals surface area contributed by atoms with Gasteiger partial charge in [-0.15, -0.1) is 0 Å². The number of rotatable bonds is 7. The molecule has 0 heterocycles. The van der Waals surface area contributed by atoms with Gasteiger partial charge in [0.15, 0.2) is 0 Å². The second-order valence-corrected chi connectivity index (χ2v) is 7.04. The molecule has 0 heteroatoms. The average Bonchev–Trinajstić information content (AvgIpc) is 2.09. The molecule has 0 radical (unpaired) electrons. The topological polar surface area (TPSA) is 0 Å². The molecule has 0 bridgehead atoms. The molecule has 0 saturated heterocycles. The Morgan fingerprint density at radius 1 is 0.667 bits per heavy atom. The lowest BCUT2D eigenvalue weighted by Gasteiger charge is -2.29. The maximum Gasteiger partial charge on any atom is -0.0354 e. The summed E-state index contributed by atoms with van der Waals surface area (Å²) >= 11 is 0. The van der Waals surface area contributed by atoms with E-state index in [0.29, 0.717) is 10.8 Å². The minimum absolute atomic E-state index is 0.501. The molecule has 92 valence electrons. The van der Waals surface area contributed by atoms with E-state index in [0.717, 1.165) is 0 Å². The maximum absolute atomic E-state index is 2.44. The van der Waals surface area contributed by atoms with Crippen LogP contribution in [0.2, 0.25) is 0 Å². The van der Waals surface area contributed by atoms with E-state index in [2.05, 4.69) is 41.5 Å². The van der Waals surface area contributed by atoms with Crippen molar-refractivity contribution in [1.29, 1.82) is 0 Å². The molecule has 0 atom stereocenters. The summed E-state index contributed by atoms with van der Waals surface area (Å²) in [5.41, 5.74) is 1.06. The van der Waals surface area contributed by atoms with Crippen molar-refractivity contribution in [2.24, 2.45) is 10.8 Å². The molecule has 0 aromatic rings. The summed E-state index contributed by atoms with van der Waals surface area (Å²) in [7, 11) is 0. The van der Waals surface area contributed by atoms with E-state index in [1.165, 1.54) is 44.9 Å². The summed E-state index contributed by atoms with van der Waals surface area (Å²) in [5.74, 6) is 0. The normalized spacial score (nSPS) is 13.2. The Labute approximate surface area is 97.8 Å². The van der Waals surface area contributed by atoms with E-state index < -0.39 is 0 Å². The van der Waals surface area contributed by atoms with Crippen molar-refractivity contribution in [3.8, 4) is 0 Å². The predicted octanol–water partition coefficient (Wildman–Crippen LogP) is 5.81. The smallest absolute Gasteiger partial charge is 0.0354 e. The first-order valence-corrected chi connectivity index (χ1v) is 6.77. The van der Waals surface area contributed by atoms with E-state index in [4.69, 9.17) is 0 Å². The Bertz CT molecular complexity index is 148. The molecule has 0 aliphatic rings. The van der Waals surface area contributed by atoms with Gasteiger partial charge in [-0.1, -0.05) is 67.2 Å². The van der Waals surface area contributed by atoms with Crippen molar-refractivity contribution in [3.05, 3.63) is 0 Å². The minimum Gasteiger partial charge on any atom is -0.0654 e. The molecule has 0 aromatic carbocycles. The van der Waals surface area contributed by atoms with Crippen LogP contribution in [0.3, 0.4) is 0 Å². The molecule has 0 nitrogen and oxygen atoms in total. The van der Waals surface area contributed by atoms with Crippen molar-refractivity contribution in [3.63, 3.8) is 0 Å². The molecule has 0 aliphatic heterocycles. The molecular weight excluding hydrogens is 180 g/mol. The molecule has 15 heavy (non-hydrogen) atoms. The van der Waals surface area contributed by atoms with Crippen molar-refractivity contribution >= 4 is 0 Å². The summed E-state index contributed by atoms with van der Waals surface area (Å²) in [5, 5.41) is 0. The second kappa shape index (κ2) is 6.55. The van der Waals surface area contributed by atoms with Gasteiger partial charge in [-0.3, -0.25) is 0 Å². The number of hydrogen-bond acceptors (Lipinski definition) is 0. The van der Waals surface area contributed by atoms with Gasteiger partial charge in [0.05, 0.1) is 0 Å². The molecular formula is C15H32. The van der Waals surface area contributed by atoms with E-state index in [-0.39, 0.29) is 0 Å². The van der Waals surface area contributed by atoms with Crippen LogP contribution in [-0.4, -0.2) is 0 Å². The first kappa shape index (κ1) is 15.0. The minimum atomic E-state index is 0.501. The lowest BCUT2D eigenvalue weighted by atomic mass is 9.77. The van der Waals surface area contributed by atoms with Crippen LogP contribution in [0.25, 0.3) is 0 Å². The third kappa shape index (κ3) is 10.3. The van der Waals surface area contributed by atoms with Crippen molar-refractivity contribution < 1.29 is 0 Å². The standard InChI is InChI=1S/C15H32/c1-7-8-9-10-11-15(5,6)13-12-14(2,3)4/h7-13H2,1-6H3. The van der Waals surface area contributed by atoms with Gasteiger partial charge in [0.25, 0.3) is 0 Å².